The number of aryl methyl sites for hydroxylation is 2. The number of carbonyl (C=O) groups is 1. The van der Waals surface area contributed by atoms with Gasteiger partial charge >= 0.3 is 5.97 Å². The molecule has 0 amide bonds. The summed E-state index contributed by atoms with van der Waals surface area (Å²) in [5, 5.41) is 1.68. The molecule has 102 valence electrons. The molecule has 3 aromatic rings. The highest BCUT2D eigenvalue weighted by Crippen LogP contribution is 2.33. The van der Waals surface area contributed by atoms with Gasteiger partial charge in [-0.05, 0) is 25.5 Å². The molecule has 0 spiro atoms. The van der Waals surface area contributed by atoms with Gasteiger partial charge in [-0.25, -0.2) is 4.79 Å². The van der Waals surface area contributed by atoms with Crippen LogP contribution >= 0.6 is 11.6 Å². The van der Waals surface area contributed by atoms with Crippen LogP contribution in [0.15, 0.2) is 16.7 Å². The van der Waals surface area contributed by atoms with Crippen LogP contribution in [0.5, 0.6) is 0 Å². The Labute approximate surface area is 119 Å². The van der Waals surface area contributed by atoms with E-state index in [4.69, 9.17) is 20.8 Å². The van der Waals surface area contributed by atoms with Gasteiger partial charge < -0.3 is 9.15 Å². The van der Waals surface area contributed by atoms with E-state index in [2.05, 4.69) is 9.97 Å². The number of ether oxygens (including phenoxy) is 1. The summed E-state index contributed by atoms with van der Waals surface area (Å²) < 4.78 is 10.1. The minimum Gasteiger partial charge on any atom is -0.465 e. The number of pyridine rings is 2. The first-order chi connectivity index (χ1) is 9.54. The van der Waals surface area contributed by atoms with Crippen LogP contribution in [-0.2, 0) is 4.74 Å². The number of fused-ring (bicyclic) bond motifs is 3. The third-order valence-corrected chi connectivity index (χ3v) is 3.60. The molecule has 0 saturated carbocycles. The van der Waals surface area contributed by atoms with Crippen molar-refractivity contribution < 1.29 is 13.9 Å². The van der Waals surface area contributed by atoms with Crippen molar-refractivity contribution in [1.82, 2.24) is 9.97 Å². The van der Waals surface area contributed by atoms with Crippen LogP contribution in [0.1, 0.15) is 21.6 Å². The van der Waals surface area contributed by atoms with Crippen LogP contribution in [-0.4, -0.2) is 23.0 Å². The molecular weight excluding hydrogens is 280 g/mol. The summed E-state index contributed by atoms with van der Waals surface area (Å²) in [4.78, 5) is 20.5. The fourth-order valence-electron chi connectivity index (χ4n) is 2.42. The highest BCUT2D eigenvalue weighted by Gasteiger charge is 2.21. The zero-order chi connectivity index (χ0) is 14.4. The molecule has 3 heterocycles. The van der Waals surface area contributed by atoms with Gasteiger partial charge in [0.25, 0.3) is 0 Å². The largest absolute Gasteiger partial charge is 0.465 e. The van der Waals surface area contributed by atoms with Crippen LogP contribution in [0, 0.1) is 13.8 Å². The summed E-state index contributed by atoms with van der Waals surface area (Å²) >= 11 is 6.21. The van der Waals surface area contributed by atoms with E-state index in [9.17, 15) is 4.79 Å². The van der Waals surface area contributed by atoms with Gasteiger partial charge in [-0.15, -0.1) is 0 Å². The lowest BCUT2D eigenvalue weighted by molar-refractivity contribution is 0.0599. The number of nitrogens with zero attached hydrogens (tertiary/aromatic N) is 2. The van der Waals surface area contributed by atoms with E-state index in [1.165, 1.54) is 13.4 Å². The van der Waals surface area contributed by atoms with Crippen LogP contribution in [0.4, 0.5) is 0 Å². The number of rotatable bonds is 1. The smallest absolute Gasteiger partial charge is 0.339 e. The summed E-state index contributed by atoms with van der Waals surface area (Å²) in [5.41, 5.74) is 2.83. The normalized spacial score (nSPS) is 11.2. The number of carbonyl (C=O) groups excluding carboxylic acids is 1. The maximum Gasteiger partial charge on any atom is 0.339 e. The van der Waals surface area contributed by atoms with Crippen LogP contribution in [0.25, 0.3) is 22.0 Å². The molecule has 0 fully saturated rings. The molecule has 0 aliphatic carbocycles. The van der Waals surface area contributed by atoms with Gasteiger partial charge in [0.2, 0.25) is 5.71 Å². The number of esters is 1. The molecule has 0 N–H and O–H groups in total. The second kappa shape index (κ2) is 4.45. The molecular formula is C14H11ClN2O3. The molecule has 3 rings (SSSR count). The van der Waals surface area contributed by atoms with Crippen molar-refractivity contribution in [2.75, 3.05) is 7.11 Å². The predicted octanol–water partition coefficient (Wildman–Crippen LogP) is 3.43. The van der Waals surface area contributed by atoms with Gasteiger partial charge in [0, 0.05) is 5.39 Å². The van der Waals surface area contributed by atoms with Crippen molar-refractivity contribution in [3.05, 3.63) is 34.3 Å². The zero-order valence-electron chi connectivity index (χ0n) is 11.2. The van der Waals surface area contributed by atoms with E-state index in [0.717, 1.165) is 5.39 Å². The Morgan fingerprint density at radius 3 is 2.80 bits per heavy atom. The number of aromatic nitrogens is 2. The average Bonchev–Trinajstić information content (AvgIpc) is 2.86. The maximum atomic E-state index is 11.9. The first-order valence-electron chi connectivity index (χ1n) is 5.96. The molecule has 0 aliphatic heterocycles. The second-order valence-corrected chi connectivity index (χ2v) is 4.81. The summed E-state index contributed by atoms with van der Waals surface area (Å²) in [7, 11) is 1.34. The Bertz CT molecular complexity index is 855. The quantitative estimate of drug-likeness (QED) is 0.507. The van der Waals surface area contributed by atoms with E-state index in [1.807, 2.05) is 6.92 Å². The molecule has 6 heteroatoms. The van der Waals surface area contributed by atoms with Gasteiger partial charge in [0.15, 0.2) is 0 Å². The van der Waals surface area contributed by atoms with E-state index >= 15 is 0 Å². The standard InChI is InChI=1S/C14H11ClN2O3/c1-6-9(14(18)19-3)7(2)16-11-8-4-5-20-13(8)17-12(15)10(6)11/h4-5H,1-3H3. The fourth-order valence-corrected chi connectivity index (χ4v) is 2.72. The third kappa shape index (κ3) is 1.67. The molecule has 0 unspecified atom stereocenters. The lowest BCUT2D eigenvalue weighted by Gasteiger charge is -2.11. The Kier molecular flexibility index (Phi) is 2.87. The highest BCUT2D eigenvalue weighted by atomic mass is 35.5. The van der Waals surface area contributed by atoms with Crippen molar-refractivity contribution in [1.29, 1.82) is 0 Å². The molecule has 0 aromatic carbocycles. The van der Waals surface area contributed by atoms with Crippen molar-refractivity contribution in [2.24, 2.45) is 0 Å². The molecule has 5 nitrogen and oxygen atoms in total. The number of hydrogen-bond acceptors (Lipinski definition) is 5. The number of methoxy groups -OCH3 is 1. The molecule has 0 bridgehead atoms. The summed E-state index contributed by atoms with van der Waals surface area (Å²) in [6.45, 7) is 3.57. The molecule has 0 aliphatic rings. The molecule has 20 heavy (non-hydrogen) atoms. The second-order valence-electron chi connectivity index (χ2n) is 4.45. The van der Waals surface area contributed by atoms with E-state index in [0.29, 0.717) is 33.4 Å². The summed E-state index contributed by atoms with van der Waals surface area (Å²) in [6.07, 6.45) is 1.54. The van der Waals surface area contributed by atoms with Gasteiger partial charge in [0.1, 0.15) is 5.15 Å². The van der Waals surface area contributed by atoms with Crippen molar-refractivity contribution in [3.8, 4) is 0 Å². The molecule has 0 radical (unpaired) electrons. The Hall–Kier alpha value is -2.14. The lowest BCUT2D eigenvalue weighted by atomic mass is 10.0. The van der Waals surface area contributed by atoms with Gasteiger partial charge in [-0.1, -0.05) is 11.6 Å². The maximum absolute atomic E-state index is 11.9. The van der Waals surface area contributed by atoms with E-state index in [-0.39, 0.29) is 5.15 Å². The molecule has 0 saturated heterocycles. The Morgan fingerprint density at radius 1 is 1.35 bits per heavy atom. The lowest BCUT2D eigenvalue weighted by Crippen LogP contribution is -2.09. The molecule has 0 atom stereocenters. The highest BCUT2D eigenvalue weighted by molar-refractivity contribution is 6.36. The van der Waals surface area contributed by atoms with Crippen LogP contribution in [0.2, 0.25) is 5.15 Å². The molecule has 3 aromatic heterocycles. The van der Waals surface area contributed by atoms with Crippen LogP contribution in [0.3, 0.4) is 0 Å². The monoisotopic (exact) mass is 290 g/mol. The van der Waals surface area contributed by atoms with E-state index < -0.39 is 5.97 Å². The first-order valence-corrected chi connectivity index (χ1v) is 6.34. The third-order valence-electron chi connectivity index (χ3n) is 3.32. The van der Waals surface area contributed by atoms with Crippen molar-refractivity contribution in [3.63, 3.8) is 0 Å². The average molecular weight is 291 g/mol. The van der Waals surface area contributed by atoms with E-state index in [1.54, 1.807) is 13.0 Å². The fraction of sp³-hybridized carbons (Fsp3) is 0.214. The van der Waals surface area contributed by atoms with Gasteiger partial charge in [0.05, 0.1) is 35.5 Å². The van der Waals surface area contributed by atoms with Gasteiger partial charge in [-0.3, -0.25) is 4.98 Å². The number of halogens is 1. The van der Waals surface area contributed by atoms with Gasteiger partial charge in [-0.2, -0.15) is 4.98 Å². The Morgan fingerprint density at radius 2 is 2.10 bits per heavy atom. The Balaban J connectivity index is 2.52. The summed E-state index contributed by atoms with van der Waals surface area (Å²) in [5.74, 6) is -0.433. The zero-order valence-corrected chi connectivity index (χ0v) is 11.9. The summed E-state index contributed by atoms with van der Waals surface area (Å²) in [6, 6.07) is 1.78. The minimum absolute atomic E-state index is 0.262. The minimum atomic E-state index is -0.433. The topological polar surface area (TPSA) is 65.2 Å². The first kappa shape index (κ1) is 12.9. The number of hydrogen-bond donors (Lipinski definition) is 0. The van der Waals surface area contributed by atoms with Crippen molar-refractivity contribution >= 4 is 39.6 Å². The number of furan rings is 1. The van der Waals surface area contributed by atoms with Crippen molar-refractivity contribution in [2.45, 2.75) is 13.8 Å². The van der Waals surface area contributed by atoms with Crippen LogP contribution < -0.4 is 0 Å². The predicted molar refractivity (Wildman–Crippen MR) is 75.1 cm³/mol. The SMILES string of the molecule is COC(=O)c1c(C)nc2c(c(Cl)nc3occc32)c1C.